The second-order valence-electron chi connectivity index (χ2n) is 24.6. The number of hydrogen-bond acceptors (Lipinski definition) is 12. The van der Waals surface area contributed by atoms with E-state index < -0.39 is 30.3 Å². The van der Waals surface area contributed by atoms with Crippen molar-refractivity contribution in [1.82, 2.24) is 42.1 Å². The smallest absolute Gasteiger partial charge is 0.251 e. The van der Waals surface area contributed by atoms with Gasteiger partial charge in [-0.3, -0.25) is 20.4 Å². The lowest BCUT2D eigenvalue weighted by molar-refractivity contribution is -0.145. The molecule has 484 valence electrons. The molecule has 0 aromatic carbocycles. The number of aliphatic hydroxyl groups excluding tert-OH is 4. The van der Waals surface area contributed by atoms with Gasteiger partial charge in [0.15, 0.2) is 6.10 Å². The van der Waals surface area contributed by atoms with Crippen LogP contribution < -0.4 is 32.1 Å². The number of aliphatic hydroxyl groups is 4. The Balaban J connectivity index is 3.67. The van der Waals surface area contributed by atoms with Crippen molar-refractivity contribution in [3.8, 4) is 0 Å². The van der Waals surface area contributed by atoms with E-state index in [9.17, 15) is 30.0 Å². The largest absolute Gasteiger partial charge is 0.391 e. The summed E-state index contributed by atoms with van der Waals surface area (Å²) in [5.74, 6) is 0.145. The highest BCUT2D eigenvalue weighted by Crippen LogP contribution is 2.19. The molecule has 0 unspecified atom stereocenters. The first kappa shape index (κ1) is 79.5. The number of hydrogen-bond donors (Lipinski definition) is 10. The van der Waals surface area contributed by atoms with Crippen molar-refractivity contribution in [2.24, 2.45) is 5.92 Å². The van der Waals surface area contributed by atoms with Gasteiger partial charge in [0.25, 0.3) is 5.91 Å². The molecule has 0 aliphatic heterocycles. The summed E-state index contributed by atoms with van der Waals surface area (Å²) in [7, 11) is 4.07. The van der Waals surface area contributed by atoms with E-state index in [0.717, 1.165) is 104 Å². The zero-order valence-corrected chi connectivity index (χ0v) is 54.3. The number of rotatable bonds is 67. The Bertz CT molecular complexity index is 1260. The standard InChI is InChI=1S/C67H140N8O6/c1-6-8-57-74(72-55-47-51-68-4)59-62(60-75(58-9-7-2)73-56-48-52-69-5)49-43-40-42-45-53-70-63(77)50-44-39-37-35-33-31-29-27-25-23-21-19-17-15-13-11-10-12-14-16-18-20-22-24-26-28-30-32-34-36-38-41-46-54-71-67(81)66(80)65(79)64(78)61(3)76/h61-62,64-66,68-69,72-73,76,78-80H,6-60H2,1-5H3,(H,70,77)(H,71,81)/t61-,64-,65+,66-/m1/s1. The van der Waals surface area contributed by atoms with Gasteiger partial charge in [0, 0.05) is 58.8 Å². The highest BCUT2D eigenvalue weighted by atomic mass is 16.4. The second-order valence-corrected chi connectivity index (χ2v) is 24.6. The van der Waals surface area contributed by atoms with Crippen LogP contribution in [0.3, 0.4) is 0 Å². The van der Waals surface area contributed by atoms with Crippen molar-refractivity contribution in [1.29, 1.82) is 0 Å². The fourth-order valence-electron chi connectivity index (χ4n) is 11.1. The summed E-state index contributed by atoms with van der Waals surface area (Å²) in [4.78, 5) is 24.5. The number of unbranched alkanes of at least 4 members (excludes halogenated alkanes) is 37. The topological polar surface area (TPSA) is 194 Å². The molecule has 10 N–H and O–H groups in total. The van der Waals surface area contributed by atoms with Gasteiger partial charge >= 0.3 is 0 Å². The molecular formula is C67H140N8O6. The SMILES string of the molecule is CCCCN(CC(CCCCCCNC(=O)CCCCCCCCCCCCCCCCCCCCCCCCCCCCCCCCCCCNC(=O)[C@H](O)[C@@H](O)[C@H](O)[C@@H](C)O)CN(CCCC)NCCCNC)NCCCNC. The van der Waals surface area contributed by atoms with Gasteiger partial charge in [-0.05, 0) is 91.4 Å². The summed E-state index contributed by atoms with van der Waals surface area (Å²) in [6.07, 6.45) is 51.5. The molecule has 0 heterocycles. The number of nitrogens with zero attached hydrogens (tertiary/aromatic N) is 2. The molecule has 0 saturated heterocycles. The number of amides is 2. The summed E-state index contributed by atoms with van der Waals surface area (Å²) in [5, 5.41) is 56.0. The van der Waals surface area contributed by atoms with Crippen molar-refractivity contribution in [3.63, 3.8) is 0 Å². The Kier molecular flexibility index (Phi) is 61.9. The maximum Gasteiger partial charge on any atom is 0.251 e. The summed E-state index contributed by atoms with van der Waals surface area (Å²) in [5.41, 5.74) is 7.56. The van der Waals surface area contributed by atoms with E-state index in [2.05, 4.69) is 56.0 Å². The third-order valence-corrected chi connectivity index (χ3v) is 16.6. The Morgan fingerprint density at radius 2 is 0.691 bits per heavy atom. The molecule has 81 heavy (non-hydrogen) atoms. The molecule has 0 spiro atoms. The predicted octanol–water partition coefficient (Wildman–Crippen LogP) is 12.9. The molecule has 4 atom stereocenters. The predicted molar refractivity (Wildman–Crippen MR) is 345 cm³/mol. The van der Waals surface area contributed by atoms with Crippen molar-refractivity contribution >= 4 is 11.8 Å². The zero-order chi connectivity index (χ0) is 59.3. The third kappa shape index (κ3) is 54.9. The molecule has 0 aliphatic rings. The van der Waals surface area contributed by atoms with Crippen LogP contribution in [0.5, 0.6) is 0 Å². The molecule has 0 aromatic heterocycles. The molecule has 0 bridgehead atoms. The molecule has 2 amide bonds. The molecule has 14 heteroatoms. The van der Waals surface area contributed by atoms with Crippen LogP contribution in [-0.4, -0.2) is 146 Å². The van der Waals surface area contributed by atoms with Gasteiger partial charge in [0.1, 0.15) is 12.2 Å². The van der Waals surface area contributed by atoms with Crippen molar-refractivity contribution in [2.75, 3.05) is 79.5 Å². The van der Waals surface area contributed by atoms with Gasteiger partial charge in [-0.15, -0.1) is 0 Å². The lowest BCUT2D eigenvalue weighted by atomic mass is 9.99. The van der Waals surface area contributed by atoms with Gasteiger partial charge in [-0.25, -0.2) is 10.0 Å². The van der Waals surface area contributed by atoms with Crippen LogP contribution in [0, 0.1) is 5.92 Å². The Morgan fingerprint density at radius 3 is 1.02 bits per heavy atom. The van der Waals surface area contributed by atoms with Crippen LogP contribution >= 0.6 is 0 Å². The van der Waals surface area contributed by atoms with Crippen molar-refractivity contribution < 1.29 is 30.0 Å². The Hall–Kier alpha value is -1.46. The molecule has 0 fully saturated rings. The highest BCUT2D eigenvalue weighted by molar-refractivity contribution is 5.81. The highest BCUT2D eigenvalue weighted by Gasteiger charge is 2.32. The lowest BCUT2D eigenvalue weighted by Gasteiger charge is -2.32. The van der Waals surface area contributed by atoms with Crippen LogP contribution in [0.1, 0.15) is 310 Å². The maximum absolute atomic E-state index is 12.6. The summed E-state index contributed by atoms with van der Waals surface area (Å²) in [6.45, 7) is 15.7. The summed E-state index contributed by atoms with van der Waals surface area (Å²) in [6, 6.07) is 0. The van der Waals surface area contributed by atoms with E-state index in [1.54, 1.807) is 0 Å². The van der Waals surface area contributed by atoms with Gasteiger partial charge in [0.05, 0.1) is 6.10 Å². The lowest BCUT2D eigenvalue weighted by Crippen LogP contribution is -2.50. The van der Waals surface area contributed by atoms with E-state index in [4.69, 9.17) is 0 Å². The summed E-state index contributed by atoms with van der Waals surface area (Å²) >= 11 is 0. The van der Waals surface area contributed by atoms with Crippen LogP contribution in [0.15, 0.2) is 0 Å². The van der Waals surface area contributed by atoms with Gasteiger partial charge in [-0.1, -0.05) is 245 Å². The number of carbonyl (C=O) groups excluding carboxylic acids is 2. The monoisotopic (exact) mass is 1150 g/mol. The third-order valence-electron chi connectivity index (χ3n) is 16.6. The quantitative estimate of drug-likeness (QED) is 0.0205. The molecule has 0 aromatic rings. The molecule has 0 aliphatic carbocycles. The Morgan fingerprint density at radius 1 is 0.370 bits per heavy atom. The average molecular weight is 1150 g/mol. The summed E-state index contributed by atoms with van der Waals surface area (Å²) < 4.78 is 0. The van der Waals surface area contributed by atoms with Gasteiger partial charge in [0.2, 0.25) is 5.91 Å². The van der Waals surface area contributed by atoms with Crippen LogP contribution in [0.25, 0.3) is 0 Å². The molecule has 0 radical (unpaired) electrons. The molecule has 14 nitrogen and oxygen atoms in total. The van der Waals surface area contributed by atoms with Crippen molar-refractivity contribution in [3.05, 3.63) is 0 Å². The first-order valence-electron chi connectivity index (χ1n) is 35.1. The molecule has 0 saturated carbocycles. The van der Waals surface area contributed by atoms with E-state index in [0.29, 0.717) is 18.9 Å². The van der Waals surface area contributed by atoms with E-state index in [1.807, 2.05) is 14.1 Å². The zero-order valence-electron chi connectivity index (χ0n) is 54.3. The van der Waals surface area contributed by atoms with E-state index >= 15 is 0 Å². The van der Waals surface area contributed by atoms with Gasteiger partial charge < -0.3 is 41.7 Å². The van der Waals surface area contributed by atoms with Crippen LogP contribution in [0.4, 0.5) is 0 Å². The normalized spacial score (nSPS) is 13.4. The van der Waals surface area contributed by atoms with Gasteiger partial charge in [-0.2, -0.15) is 0 Å². The first-order chi connectivity index (χ1) is 39.6. The van der Waals surface area contributed by atoms with E-state index in [-0.39, 0.29) is 5.91 Å². The molecular weight excluding hydrogens is 1010 g/mol. The number of carbonyl (C=O) groups is 2. The minimum absolute atomic E-state index is 0.250. The number of hydrazine groups is 2. The second kappa shape index (κ2) is 63.1. The van der Waals surface area contributed by atoms with Crippen molar-refractivity contribution in [2.45, 2.75) is 334 Å². The Labute approximate surface area is 501 Å². The van der Waals surface area contributed by atoms with Crippen LogP contribution in [0.2, 0.25) is 0 Å². The minimum Gasteiger partial charge on any atom is -0.391 e. The first-order valence-corrected chi connectivity index (χ1v) is 35.1. The van der Waals surface area contributed by atoms with Crippen LogP contribution in [-0.2, 0) is 9.59 Å². The van der Waals surface area contributed by atoms with E-state index in [1.165, 1.54) is 244 Å². The fraction of sp³-hybridized carbons (Fsp3) is 0.970. The number of nitrogens with one attached hydrogen (secondary N) is 6. The average Bonchev–Trinajstić information content (AvgIpc) is 3.47. The molecule has 0 rings (SSSR count). The fourth-order valence-corrected chi connectivity index (χ4v) is 11.1. The minimum atomic E-state index is -1.75. The maximum atomic E-state index is 12.6.